The van der Waals surface area contributed by atoms with Gasteiger partial charge < -0.3 is 5.73 Å². The zero-order valence-electron chi connectivity index (χ0n) is 12.5. The van der Waals surface area contributed by atoms with E-state index in [1.54, 1.807) is 11.3 Å². The summed E-state index contributed by atoms with van der Waals surface area (Å²) in [4.78, 5) is 2.54. The van der Waals surface area contributed by atoms with E-state index in [4.69, 9.17) is 5.73 Å². The molecule has 0 atom stereocenters. The third-order valence-corrected chi connectivity index (χ3v) is 5.03. The Labute approximate surface area is 135 Å². The van der Waals surface area contributed by atoms with Crippen molar-refractivity contribution in [2.75, 3.05) is 0 Å². The molecule has 3 aromatic rings. The van der Waals surface area contributed by atoms with Gasteiger partial charge in [0.2, 0.25) is 0 Å². The van der Waals surface area contributed by atoms with Gasteiger partial charge in [-0.2, -0.15) is 0 Å². The van der Waals surface area contributed by atoms with Crippen LogP contribution in [0.5, 0.6) is 0 Å². The molecule has 1 nitrogen and oxygen atoms in total. The molecule has 0 spiro atoms. The van der Waals surface area contributed by atoms with Crippen molar-refractivity contribution in [1.82, 2.24) is 0 Å². The predicted octanol–water partition coefficient (Wildman–Crippen LogP) is 5.27. The molecular weight excluding hydrogens is 286 g/mol. The lowest BCUT2D eigenvalue weighted by atomic mass is 9.95. The average molecular weight is 305 g/mol. The fourth-order valence-corrected chi connectivity index (χ4v) is 3.98. The largest absolute Gasteiger partial charge is 0.326 e. The summed E-state index contributed by atoms with van der Waals surface area (Å²) in [5, 5.41) is 0. The molecule has 2 N–H and O–H groups in total. The summed E-state index contributed by atoms with van der Waals surface area (Å²) < 4.78 is 0. The Morgan fingerprint density at radius 3 is 2.05 bits per heavy atom. The van der Waals surface area contributed by atoms with E-state index < -0.39 is 0 Å². The predicted molar refractivity (Wildman–Crippen MR) is 97.0 cm³/mol. The van der Waals surface area contributed by atoms with Gasteiger partial charge in [-0.1, -0.05) is 66.7 Å². The molecule has 0 aliphatic rings. The Balaban J connectivity index is 2.27. The minimum Gasteiger partial charge on any atom is -0.326 e. The molecule has 0 unspecified atom stereocenters. The van der Waals surface area contributed by atoms with Gasteiger partial charge in [-0.25, -0.2) is 0 Å². The maximum atomic E-state index is 6.00. The molecule has 0 saturated carbocycles. The zero-order valence-corrected chi connectivity index (χ0v) is 13.3. The monoisotopic (exact) mass is 305 g/mol. The van der Waals surface area contributed by atoms with Crippen LogP contribution in [0.25, 0.3) is 21.6 Å². The van der Waals surface area contributed by atoms with E-state index in [1.165, 1.54) is 32.0 Å². The fraction of sp³-hybridized carbons (Fsp3) is 0.100. The van der Waals surface area contributed by atoms with Crippen molar-refractivity contribution >= 4 is 11.3 Å². The lowest BCUT2D eigenvalue weighted by molar-refractivity contribution is 1.07. The van der Waals surface area contributed by atoms with Crippen LogP contribution in [0, 0.1) is 0 Å². The minimum absolute atomic E-state index is 0.570. The van der Waals surface area contributed by atoms with Gasteiger partial charge in [0.1, 0.15) is 0 Å². The number of nitrogens with two attached hydrogens (primary N) is 1. The number of hydrogen-bond donors (Lipinski definition) is 1. The average Bonchev–Trinajstić information content (AvgIpc) is 2.95. The van der Waals surface area contributed by atoms with E-state index in [2.05, 4.69) is 61.2 Å². The van der Waals surface area contributed by atoms with Gasteiger partial charge in [-0.15, -0.1) is 17.9 Å². The van der Waals surface area contributed by atoms with Crippen molar-refractivity contribution in [1.29, 1.82) is 0 Å². The van der Waals surface area contributed by atoms with E-state index in [0.717, 1.165) is 6.42 Å². The van der Waals surface area contributed by atoms with E-state index in [-0.39, 0.29) is 0 Å². The van der Waals surface area contributed by atoms with Crippen LogP contribution in [-0.2, 0) is 13.0 Å². The molecule has 1 aromatic heterocycles. The quantitative estimate of drug-likeness (QED) is 0.638. The second kappa shape index (κ2) is 6.73. The Morgan fingerprint density at radius 2 is 1.50 bits per heavy atom. The summed E-state index contributed by atoms with van der Waals surface area (Å²) >= 11 is 1.80. The smallest absolute Gasteiger partial charge is 0.0427 e. The van der Waals surface area contributed by atoms with Crippen LogP contribution in [0.1, 0.15) is 10.4 Å². The van der Waals surface area contributed by atoms with E-state index in [0.29, 0.717) is 6.54 Å². The first-order valence-electron chi connectivity index (χ1n) is 7.41. The number of allylic oxidation sites excluding steroid dienone is 1. The zero-order chi connectivity index (χ0) is 15.4. The van der Waals surface area contributed by atoms with Crippen molar-refractivity contribution in [3.63, 3.8) is 0 Å². The first-order valence-corrected chi connectivity index (χ1v) is 8.23. The van der Waals surface area contributed by atoms with Crippen molar-refractivity contribution in [3.8, 4) is 21.6 Å². The Bertz CT molecular complexity index is 757. The highest BCUT2D eigenvalue weighted by molar-refractivity contribution is 7.16. The van der Waals surface area contributed by atoms with Gasteiger partial charge >= 0.3 is 0 Å². The van der Waals surface area contributed by atoms with Gasteiger partial charge in [0.15, 0.2) is 0 Å². The van der Waals surface area contributed by atoms with Crippen LogP contribution in [0.4, 0.5) is 0 Å². The molecule has 22 heavy (non-hydrogen) atoms. The lowest BCUT2D eigenvalue weighted by Gasteiger charge is -2.08. The fourth-order valence-electron chi connectivity index (χ4n) is 2.74. The molecule has 110 valence electrons. The van der Waals surface area contributed by atoms with Crippen LogP contribution >= 0.6 is 11.3 Å². The van der Waals surface area contributed by atoms with Gasteiger partial charge in [0.25, 0.3) is 0 Å². The first kappa shape index (κ1) is 14.8. The SMILES string of the molecule is C=CCc1c(CN)sc(-c2ccccc2)c1-c1ccccc1. The molecule has 3 rings (SSSR count). The van der Waals surface area contributed by atoms with Crippen LogP contribution in [0.15, 0.2) is 73.3 Å². The van der Waals surface area contributed by atoms with Crippen molar-refractivity contribution in [2.24, 2.45) is 5.73 Å². The summed E-state index contributed by atoms with van der Waals surface area (Å²) in [6, 6.07) is 21.1. The van der Waals surface area contributed by atoms with Crippen molar-refractivity contribution in [2.45, 2.75) is 13.0 Å². The van der Waals surface area contributed by atoms with Crippen LogP contribution in [0.3, 0.4) is 0 Å². The summed E-state index contributed by atoms with van der Waals surface area (Å²) in [5.74, 6) is 0. The summed E-state index contributed by atoms with van der Waals surface area (Å²) in [6.45, 7) is 4.48. The second-order valence-corrected chi connectivity index (χ2v) is 6.24. The van der Waals surface area contributed by atoms with Gasteiger partial charge in [0, 0.05) is 21.9 Å². The molecule has 0 saturated heterocycles. The highest BCUT2D eigenvalue weighted by atomic mass is 32.1. The molecule has 0 aliphatic carbocycles. The first-order chi connectivity index (χ1) is 10.8. The maximum absolute atomic E-state index is 6.00. The van der Waals surface area contributed by atoms with E-state index >= 15 is 0 Å². The molecule has 2 aromatic carbocycles. The van der Waals surface area contributed by atoms with Crippen molar-refractivity contribution in [3.05, 3.63) is 83.8 Å². The number of rotatable bonds is 5. The minimum atomic E-state index is 0.570. The Kier molecular flexibility index (Phi) is 4.52. The number of thiophene rings is 1. The van der Waals surface area contributed by atoms with Crippen LogP contribution < -0.4 is 5.73 Å². The van der Waals surface area contributed by atoms with Gasteiger partial charge in [-0.05, 0) is 23.1 Å². The molecule has 2 heteroatoms. The van der Waals surface area contributed by atoms with Crippen LogP contribution in [0.2, 0.25) is 0 Å². The van der Waals surface area contributed by atoms with E-state index in [1.807, 2.05) is 12.1 Å². The van der Waals surface area contributed by atoms with Crippen molar-refractivity contribution < 1.29 is 0 Å². The Hall–Kier alpha value is -2.16. The molecule has 0 bridgehead atoms. The van der Waals surface area contributed by atoms with E-state index in [9.17, 15) is 0 Å². The lowest BCUT2D eigenvalue weighted by Crippen LogP contribution is -1.97. The highest BCUT2D eigenvalue weighted by Gasteiger charge is 2.18. The van der Waals surface area contributed by atoms with Gasteiger partial charge in [-0.3, -0.25) is 0 Å². The second-order valence-electron chi connectivity index (χ2n) is 5.14. The summed E-state index contributed by atoms with van der Waals surface area (Å²) in [5.41, 5.74) is 11.1. The molecule has 0 fully saturated rings. The topological polar surface area (TPSA) is 26.0 Å². The van der Waals surface area contributed by atoms with Crippen LogP contribution in [-0.4, -0.2) is 0 Å². The van der Waals surface area contributed by atoms with Gasteiger partial charge in [0.05, 0.1) is 0 Å². The Morgan fingerprint density at radius 1 is 0.909 bits per heavy atom. The standard InChI is InChI=1S/C20H19NS/c1-2-9-17-18(14-21)22-20(16-12-7-4-8-13-16)19(17)15-10-5-3-6-11-15/h2-8,10-13H,1,9,14,21H2. The summed E-state index contributed by atoms with van der Waals surface area (Å²) in [6.07, 6.45) is 2.81. The normalized spacial score (nSPS) is 10.6. The number of benzene rings is 2. The third kappa shape index (κ3) is 2.76. The maximum Gasteiger partial charge on any atom is 0.0427 e. The third-order valence-electron chi connectivity index (χ3n) is 3.72. The molecule has 0 amide bonds. The molecular formula is C20H19NS. The molecule has 0 aliphatic heterocycles. The molecule has 1 heterocycles. The number of hydrogen-bond acceptors (Lipinski definition) is 2. The summed E-state index contributed by atoms with van der Waals surface area (Å²) in [7, 11) is 0. The highest BCUT2D eigenvalue weighted by Crippen LogP contribution is 2.43. The molecule has 0 radical (unpaired) electrons.